The number of carboxylic acid groups (broad SMARTS) is 2. The zero-order valence-corrected chi connectivity index (χ0v) is 35.2. The molecule has 56 heavy (non-hydrogen) atoms. The van der Waals surface area contributed by atoms with E-state index < -0.39 is 52.8 Å². The summed E-state index contributed by atoms with van der Waals surface area (Å²) < 4.78 is 52.9. The number of hydrogen-bond acceptors (Lipinski definition) is 10. The molecule has 0 saturated carbocycles. The van der Waals surface area contributed by atoms with Crippen molar-refractivity contribution in [1.29, 1.82) is 0 Å². The third-order valence-corrected chi connectivity index (χ3v) is 14.5. The fourth-order valence-corrected chi connectivity index (χ4v) is 11.2. The molecule has 5 heterocycles. The minimum Gasteiger partial charge on any atom is -0.481 e. The molecule has 1 aromatic carbocycles. The highest BCUT2D eigenvalue weighted by atomic mass is 16.7. The maximum atomic E-state index is 12.4. The van der Waals surface area contributed by atoms with E-state index in [9.17, 15) is 19.8 Å². The van der Waals surface area contributed by atoms with Crippen molar-refractivity contribution in [2.45, 2.75) is 179 Å². The van der Waals surface area contributed by atoms with Gasteiger partial charge in [0.25, 0.3) is 5.79 Å². The molecule has 0 amide bonds. The van der Waals surface area contributed by atoms with Gasteiger partial charge < -0.3 is 48.1 Å². The van der Waals surface area contributed by atoms with Crippen LogP contribution in [-0.4, -0.2) is 102 Å². The third kappa shape index (κ3) is 7.95. The van der Waals surface area contributed by atoms with Gasteiger partial charge in [-0.1, -0.05) is 71.9 Å². The molecule has 0 unspecified atom stereocenters. The Morgan fingerprint density at radius 1 is 0.946 bits per heavy atom. The molecule has 5 aliphatic heterocycles. The van der Waals surface area contributed by atoms with Crippen molar-refractivity contribution in [2.75, 3.05) is 14.2 Å². The fraction of sp³-hybridized carbons (Fsp3) is 0.818. The highest BCUT2D eigenvalue weighted by molar-refractivity contribution is 5.76. The van der Waals surface area contributed by atoms with Crippen molar-refractivity contribution >= 4 is 11.9 Å². The highest BCUT2D eigenvalue weighted by Gasteiger charge is 2.63. The van der Waals surface area contributed by atoms with Crippen LogP contribution in [-0.2, 0) is 54.1 Å². The van der Waals surface area contributed by atoms with Gasteiger partial charge >= 0.3 is 11.9 Å². The van der Waals surface area contributed by atoms with Crippen LogP contribution in [0.5, 0.6) is 0 Å². The zero-order valence-electron chi connectivity index (χ0n) is 35.2. The summed E-state index contributed by atoms with van der Waals surface area (Å²) in [6.07, 6.45) is 3.38. The number of hydrogen-bond donors (Lipinski definition) is 2. The first-order valence-electron chi connectivity index (χ1n) is 21.1. The van der Waals surface area contributed by atoms with Gasteiger partial charge in [-0.05, 0) is 69.8 Å². The van der Waals surface area contributed by atoms with Crippen molar-refractivity contribution in [1.82, 2.24) is 0 Å². The van der Waals surface area contributed by atoms with Gasteiger partial charge in [-0.15, -0.1) is 0 Å². The van der Waals surface area contributed by atoms with Crippen LogP contribution in [0.3, 0.4) is 0 Å². The summed E-state index contributed by atoms with van der Waals surface area (Å²) in [7, 11) is 2.97. The Morgan fingerprint density at radius 3 is 2.29 bits per heavy atom. The van der Waals surface area contributed by atoms with Crippen LogP contribution in [0.1, 0.15) is 112 Å². The second kappa shape index (κ2) is 16.8. The standard InChI is InChI=1S/C44H68O12/c1-11-42(38-26(3)22-32(52-38)35-25(2)21-27(4)44(50-10,55-35)40(47)48)18-17-34(53-42)41(8)19-20-43(56-41)23-33(51-24-31-15-13-12-14-16-31)28(5)37(54-43)29(6)36(49-9)30(7)39(45)46/h12-16,25-30,32-38H,11,17-24H2,1-10H3,(H,45,46)(H,47,48)/t25-,26-,27+,28+,29-,30-,32+,33-,34+,35-,36+,37-,38+,41-,42-,43+,44+/m0/s1. The number of benzene rings is 1. The maximum Gasteiger partial charge on any atom is 0.364 e. The second-order valence-corrected chi connectivity index (χ2v) is 18.2. The van der Waals surface area contributed by atoms with Gasteiger partial charge in [-0.2, -0.15) is 0 Å². The van der Waals surface area contributed by atoms with E-state index >= 15 is 0 Å². The highest BCUT2D eigenvalue weighted by Crippen LogP contribution is 2.55. The molecule has 12 heteroatoms. The van der Waals surface area contributed by atoms with Crippen LogP contribution in [0.15, 0.2) is 30.3 Å². The average Bonchev–Trinajstić information content (AvgIpc) is 3.89. The Kier molecular flexibility index (Phi) is 13.1. The number of aliphatic carboxylic acids is 2. The molecule has 5 saturated heterocycles. The van der Waals surface area contributed by atoms with Crippen LogP contribution >= 0.6 is 0 Å². The van der Waals surface area contributed by atoms with E-state index in [4.69, 9.17) is 37.9 Å². The van der Waals surface area contributed by atoms with Crippen molar-refractivity contribution < 1.29 is 57.7 Å². The predicted molar refractivity (Wildman–Crippen MR) is 207 cm³/mol. The first kappa shape index (κ1) is 43.4. The maximum absolute atomic E-state index is 12.4. The van der Waals surface area contributed by atoms with Crippen LogP contribution in [0.25, 0.3) is 0 Å². The molecule has 0 bridgehead atoms. The Labute approximate surface area is 333 Å². The van der Waals surface area contributed by atoms with Gasteiger partial charge in [-0.3, -0.25) is 4.79 Å². The van der Waals surface area contributed by atoms with Gasteiger partial charge in [0.2, 0.25) is 0 Å². The van der Waals surface area contributed by atoms with E-state index in [1.807, 2.05) is 32.0 Å². The van der Waals surface area contributed by atoms with Crippen molar-refractivity contribution in [3.63, 3.8) is 0 Å². The van der Waals surface area contributed by atoms with Crippen LogP contribution < -0.4 is 0 Å². The molecule has 12 nitrogen and oxygen atoms in total. The van der Waals surface area contributed by atoms with Crippen LogP contribution in [0.2, 0.25) is 0 Å². The number of rotatable bonds is 14. The molecular weight excluding hydrogens is 720 g/mol. The normalized spacial score (nSPS) is 44.5. The zero-order chi connectivity index (χ0) is 40.8. The van der Waals surface area contributed by atoms with Gasteiger partial charge in [0.05, 0.1) is 66.5 Å². The Bertz CT molecular complexity index is 1510. The summed E-state index contributed by atoms with van der Waals surface area (Å²) in [5, 5.41) is 20.1. The van der Waals surface area contributed by atoms with E-state index in [-0.39, 0.29) is 60.1 Å². The quantitative estimate of drug-likeness (QED) is 0.196. The Hall–Kier alpha value is -2.16. The first-order chi connectivity index (χ1) is 26.5. The van der Waals surface area contributed by atoms with Crippen molar-refractivity contribution in [3.05, 3.63) is 35.9 Å². The third-order valence-electron chi connectivity index (χ3n) is 14.5. The molecule has 0 radical (unpaired) electrons. The molecule has 0 aromatic heterocycles. The van der Waals surface area contributed by atoms with Crippen molar-refractivity contribution in [2.24, 2.45) is 35.5 Å². The molecule has 6 rings (SSSR count). The van der Waals surface area contributed by atoms with Crippen LogP contribution in [0, 0.1) is 35.5 Å². The van der Waals surface area contributed by atoms with E-state index in [2.05, 4.69) is 46.8 Å². The lowest BCUT2D eigenvalue weighted by atomic mass is 9.78. The Balaban J connectivity index is 1.20. The van der Waals surface area contributed by atoms with E-state index in [0.29, 0.717) is 25.9 Å². The summed E-state index contributed by atoms with van der Waals surface area (Å²) >= 11 is 0. The SMILES string of the molecule is CC[C@@]1([C@@H]2O[C@@H]([C@H]3O[C@@](OC)(C(=O)O)[C@H](C)C[C@@H]3C)C[C@@H]2C)CC[C@H]([C@]2(C)CC[C@]3(C[C@H](OCc4ccccc4)[C@@H](C)[C@@H]([C@@H](C)[C@@H](OC)[C@H](C)C(=O)O)O3)O2)O1. The topological polar surface area (TPSA) is 148 Å². The minimum absolute atomic E-state index is 0.0542. The first-order valence-corrected chi connectivity index (χ1v) is 21.1. The minimum atomic E-state index is -1.70. The van der Waals surface area contributed by atoms with Gasteiger partial charge in [0.1, 0.15) is 0 Å². The molecule has 17 atom stereocenters. The number of carbonyl (C=O) groups is 2. The largest absolute Gasteiger partial charge is 0.481 e. The number of carboxylic acids is 2. The van der Waals surface area contributed by atoms with Crippen molar-refractivity contribution in [3.8, 4) is 0 Å². The molecule has 2 N–H and O–H groups in total. The molecule has 1 spiro atoms. The van der Waals surface area contributed by atoms with E-state index in [0.717, 1.165) is 37.7 Å². The van der Waals surface area contributed by atoms with E-state index in [1.54, 1.807) is 14.0 Å². The van der Waals surface area contributed by atoms with Gasteiger partial charge in [0, 0.05) is 44.8 Å². The van der Waals surface area contributed by atoms with Crippen LogP contribution in [0.4, 0.5) is 0 Å². The lowest BCUT2D eigenvalue weighted by Crippen LogP contribution is -2.59. The smallest absolute Gasteiger partial charge is 0.364 e. The van der Waals surface area contributed by atoms with Gasteiger partial charge in [0.15, 0.2) is 5.79 Å². The van der Waals surface area contributed by atoms with E-state index in [1.165, 1.54) is 7.11 Å². The lowest BCUT2D eigenvalue weighted by molar-refractivity contribution is -0.339. The lowest BCUT2D eigenvalue weighted by Gasteiger charge is -2.50. The molecule has 5 fully saturated rings. The van der Waals surface area contributed by atoms with Gasteiger partial charge in [-0.25, -0.2) is 4.79 Å². The molecule has 1 aromatic rings. The number of ether oxygens (including phenoxy) is 8. The summed E-state index contributed by atoms with van der Waals surface area (Å²) in [6.45, 7) is 16.7. The summed E-state index contributed by atoms with van der Waals surface area (Å²) in [6, 6.07) is 10.1. The summed E-state index contributed by atoms with van der Waals surface area (Å²) in [5.41, 5.74) is -0.116. The average molecular weight is 789 g/mol. The fourth-order valence-electron chi connectivity index (χ4n) is 11.2. The summed E-state index contributed by atoms with van der Waals surface area (Å²) in [4.78, 5) is 24.6. The molecule has 5 aliphatic rings. The molecular formula is C44H68O12. The molecule has 316 valence electrons. The monoisotopic (exact) mass is 788 g/mol. The second-order valence-electron chi connectivity index (χ2n) is 18.2. The number of methoxy groups -OCH3 is 2. The molecule has 0 aliphatic carbocycles. The predicted octanol–water partition coefficient (Wildman–Crippen LogP) is 7.24. The Morgan fingerprint density at radius 2 is 1.66 bits per heavy atom. The summed E-state index contributed by atoms with van der Waals surface area (Å²) in [5.74, 6) is -5.77.